The zero-order chi connectivity index (χ0) is 20.7. The van der Waals surface area contributed by atoms with Crippen molar-refractivity contribution in [1.29, 1.82) is 0 Å². The summed E-state index contributed by atoms with van der Waals surface area (Å²) < 4.78 is 5.25. The number of nitrogens with zero attached hydrogens (tertiary/aromatic N) is 2. The molecule has 3 aliphatic carbocycles. The highest BCUT2D eigenvalue weighted by molar-refractivity contribution is 5.84. The molecule has 30 heavy (non-hydrogen) atoms. The zero-order valence-corrected chi connectivity index (χ0v) is 18.8. The Balaban J connectivity index is 1.07. The monoisotopic (exact) mass is 416 g/mol. The first kappa shape index (κ1) is 20.8. The Morgan fingerprint density at radius 3 is 1.93 bits per heavy atom. The van der Waals surface area contributed by atoms with Gasteiger partial charge in [-0.1, -0.05) is 19.3 Å². The molecule has 2 aliphatic heterocycles. The fourth-order valence-corrected chi connectivity index (χ4v) is 7.31. The molecular formula is C25H40N2O3. The van der Waals surface area contributed by atoms with Crippen molar-refractivity contribution in [3.8, 4) is 0 Å². The molecule has 2 heterocycles. The fraction of sp³-hybridized carbons (Fsp3) is 0.920. The summed E-state index contributed by atoms with van der Waals surface area (Å²) in [5.41, 5.74) is -0.331. The molecule has 5 aliphatic rings. The van der Waals surface area contributed by atoms with Crippen molar-refractivity contribution in [2.75, 3.05) is 39.4 Å². The summed E-state index contributed by atoms with van der Waals surface area (Å²) in [5, 5.41) is 0. The van der Waals surface area contributed by atoms with Crippen molar-refractivity contribution in [2.45, 2.75) is 71.1 Å². The van der Waals surface area contributed by atoms with E-state index in [1.165, 1.54) is 51.4 Å². The number of rotatable bonds is 3. The molecule has 0 spiro atoms. The van der Waals surface area contributed by atoms with Crippen LogP contribution in [0.4, 0.5) is 0 Å². The summed E-state index contributed by atoms with van der Waals surface area (Å²) in [7, 11) is 0. The minimum Gasteiger partial charge on any atom is -0.379 e. The molecular weight excluding hydrogens is 376 g/mol. The summed E-state index contributed by atoms with van der Waals surface area (Å²) >= 11 is 0. The molecule has 0 aromatic heterocycles. The van der Waals surface area contributed by atoms with Gasteiger partial charge in [-0.2, -0.15) is 0 Å². The Morgan fingerprint density at radius 1 is 0.733 bits per heavy atom. The smallest absolute Gasteiger partial charge is 0.233 e. The molecule has 3 atom stereocenters. The highest BCUT2D eigenvalue weighted by Crippen LogP contribution is 2.49. The van der Waals surface area contributed by atoms with E-state index in [2.05, 4.69) is 0 Å². The lowest BCUT2D eigenvalue weighted by atomic mass is 9.66. The number of ether oxygens (including phenoxy) is 1. The summed E-state index contributed by atoms with van der Waals surface area (Å²) in [6, 6.07) is 0. The van der Waals surface area contributed by atoms with Crippen molar-refractivity contribution < 1.29 is 14.3 Å². The highest BCUT2D eigenvalue weighted by atomic mass is 16.5. The molecule has 0 aromatic carbocycles. The van der Waals surface area contributed by atoms with E-state index in [0.29, 0.717) is 45.3 Å². The molecule has 168 valence electrons. The number of piperazine rings is 1. The Hall–Kier alpha value is -1.10. The van der Waals surface area contributed by atoms with Crippen LogP contribution in [0.2, 0.25) is 0 Å². The van der Waals surface area contributed by atoms with Gasteiger partial charge in [0, 0.05) is 32.1 Å². The average Bonchev–Trinajstić information content (AvgIpc) is 3.24. The van der Waals surface area contributed by atoms with Gasteiger partial charge in [0.15, 0.2) is 0 Å². The number of carbonyl (C=O) groups is 2. The van der Waals surface area contributed by atoms with E-state index in [0.717, 1.165) is 36.5 Å². The van der Waals surface area contributed by atoms with Crippen LogP contribution in [-0.4, -0.2) is 61.0 Å². The maximum absolute atomic E-state index is 13.1. The maximum Gasteiger partial charge on any atom is 0.233 e. The van der Waals surface area contributed by atoms with E-state index in [-0.39, 0.29) is 17.2 Å². The van der Waals surface area contributed by atoms with Gasteiger partial charge in [0.05, 0.1) is 18.6 Å². The molecule has 3 saturated carbocycles. The van der Waals surface area contributed by atoms with Crippen molar-refractivity contribution in [1.82, 2.24) is 9.80 Å². The summed E-state index contributed by atoms with van der Waals surface area (Å²) in [4.78, 5) is 29.8. The van der Waals surface area contributed by atoms with Crippen LogP contribution >= 0.6 is 0 Å². The minimum absolute atomic E-state index is 0.207. The van der Waals surface area contributed by atoms with Crippen molar-refractivity contribution >= 4 is 11.8 Å². The third-order valence-electron chi connectivity index (χ3n) is 9.35. The first-order valence-electron chi connectivity index (χ1n) is 12.7. The van der Waals surface area contributed by atoms with Crippen LogP contribution in [0.1, 0.15) is 71.1 Å². The highest BCUT2D eigenvalue weighted by Gasteiger charge is 2.45. The van der Waals surface area contributed by atoms with E-state index in [1.54, 1.807) is 0 Å². The second kappa shape index (κ2) is 8.44. The van der Waals surface area contributed by atoms with Gasteiger partial charge in [0.1, 0.15) is 0 Å². The molecule has 0 N–H and O–H groups in total. The van der Waals surface area contributed by atoms with E-state index >= 15 is 0 Å². The first-order chi connectivity index (χ1) is 14.5. The quantitative estimate of drug-likeness (QED) is 0.705. The fourth-order valence-electron chi connectivity index (χ4n) is 7.31. The van der Waals surface area contributed by atoms with Crippen molar-refractivity contribution in [3.05, 3.63) is 0 Å². The zero-order valence-electron chi connectivity index (χ0n) is 18.8. The largest absolute Gasteiger partial charge is 0.379 e. The average molecular weight is 417 g/mol. The summed E-state index contributed by atoms with van der Waals surface area (Å²) in [5.74, 6) is 4.67. The molecule has 5 nitrogen and oxygen atoms in total. The lowest BCUT2D eigenvalue weighted by Crippen LogP contribution is -2.59. The molecule has 0 bridgehead atoms. The predicted molar refractivity (Wildman–Crippen MR) is 116 cm³/mol. The minimum atomic E-state index is -0.331. The normalized spacial score (nSPS) is 38.6. The summed E-state index contributed by atoms with van der Waals surface area (Å²) in [6.45, 7) is 5.84. The van der Waals surface area contributed by atoms with E-state index in [4.69, 9.17) is 4.74 Å². The SMILES string of the molecule is CC1(C(=O)N2CCN(C(=O)C3CCC(C4CCC5CCCC5C4)CC3)CC2)COC1. The van der Waals surface area contributed by atoms with Crippen LogP contribution in [0, 0.1) is 35.0 Å². The van der Waals surface area contributed by atoms with Crippen LogP contribution in [0.15, 0.2) is 0 Å². The van der Waals surface area contributed by atoms with Crippen LogP contribution in [0.3, 0.4) is 0 Å². The maximum atomic E-state index is 13.1. The standard InChI is InChI=1S/C25H40N2O3/c1-25(16-30-17-25)24(29)27-13-11-26(12-14-27)23(28)20-8-5-19(6-9-20)22-10-7-18-3-2-4-21(18)15-22/h18-22H,2-17H2,1H3. The Labute approximate surface area is 181 Å². The van der Waals surface area contributed by atoms with E-state index in [1.807, 2.05) is 16.7 Å². The second-order valence-corrected chi connectivity index (χ2v) is 11.3. The third kappa shape index (κ3) is 3.91. The van der Waals surface area contributed by atoms with Gasteiger partial charge >= 0.3 is 0 Å². The van der Waals surface area contributed by atoms with Crippen LogP contribution in [-0.2, 0) is 14.3 Å². The van der Waals surface area contributed by atoms with E-state index in [9.17, 15) is 9.59 Å². The molecule has 2 saturated heterocycles. The van der Waals surface area contributed by atoms with Crippen molar-refractivity contribution in [2.24, 2.45) is 35.0 Å². The van der Waals surface area contributed by atoms with Gasteiger partial charge in [-0.15, -0.1) is 0 Å². The lowest BCUT2D eigenvalue weighted by molar-refractivity contribution is -0.171. The van der Waals surface area contributed by atoms with Crippen LogP contribution in [0.25, 0.3) is 0 Å². The number of fused-ring (bicyclic) bond motifs is 1. The number of hydrogen-bond acceptors (Lipinski definition) is 3. The number of hydrogen-bond donors (Lipinski definition) is 0. The van der Waals surface area contributed by atoms with Gasteiger partial charge < -0.3 is 14.5 Å². The van der Waals surface area contributed by atoms with Gasteiger partial charge in [-0.25, -0.2) is 0 Å². The number of amides is 2. The topological polar surface area (TPSA) is 49.9 Å². The van der Waals surface area contributed by atoms with Gasteiger partial charge in [-0.3, -0.25) is 9.59 Å². The van der Waals surface area contributed by atoms with E-state index < -0.39 is 0 Å². The predicted octanol–water partition coefficient (Wildman–Crippen LogP) is 3.72. The lowest BCUT2D eigenvalue weighted by Gasteiger charge is -2.44. The van der Waals surface area contributed by atoms with Crippen molar-refractivity contribution in [3.63, 3.8) is 0 Å². The molecule has 5 rings (SSSR count). The Morgan fingerprint density at radius 2 is 1.27 bits per heavy atom. The molecule has 5 fully saturated rings. The first-order valence-corrected chi connectivity index (χ1v) is 12.7. The second-order valence-electron chi connectivity index (χ2n) is 11.3. The van der Waals surface area contributed by atoms with Gasteiger partial charge in [0.25, 0.3) is 0 Å². The summed E-state index contributed by atoms with van der Waals surface area (Å²) in [6.07, 6.45) is 13.5. The molecule has 3 unspecified atom stereocenters. The number of carbonyl (C=O) groups excluding carboxylic acids is 2. The van der Waals surface area contributed by atoms with Crippen LogP contribution < -0.4 is 0 Å². The molecule has 0 radical (unpaired) electrons. The Kier molecular flexibility index (Phi) is 5.85. The van der Waals surface area contributed by atoms with Gasteiger partial charge in [0.2, 0.25) is 11.8 Å². The molecule has 5 heteroatoms. The molecule has 0 aromatic rings. The Bertz CT molecular complexity index is 645. The van der Waals surface area contributed by atoms with Crippen LogP contribution in [0.5, 0.6) is 0 Å². The molecule has 2 amide bonds. The third-order valence-corrected chi connectivity index (χ3v) is 9.35. The van der Waals surface area contributed by atoms with Gasteiger partial charge in [-0.05, 0) is 75.5 Å².